The molecule has 2 nitrogen and oxygen atoms in total. The molecule has 0 bridgehead atoms. The van der Waals surface area contributed by atoms with E-state index in [0.29, 0.717) is 5.56 Å². The lowest BCUT2D eigenvalue weighted by atomic mass is 10.1. The number of aryl methyl sites for hydroxylation is 1. The van der Waals surface area contributed by atoms with E-state index in [-0.39, 0.29) is 10.2 Å². The Balaban J connectivity index is 3.50. The zero-order valence-corrected chi connectivity index (χ0v) is 9.36. The van der Waals surface area contributed by atoms with Crippen LogP contribution in [0, 0.1) is 6.92 Å². The van der Waals surface area contributed by atoms with E-state index >= 15 is 0 Å². The highest BCUT2D eigenvalue weighted by molar-refractivity contribution is 9.10. The van der Waals surface area contributed by atoms with Crippen molar-refractivity contribution >= 4 is 32.8 Å². The fourth-order valence-corrected chi connectivity index (χ4v) is 1.79. The normalized spacial score (nSPS) is 10.7. The number of halogens is 4. The van der Waals surface area contributed by atoms with Gasteiger partial charge in [0.1, 0.15) is 4.60 Å². The molecule has 0 saturated carbocycles. The highest BCUT2D eigenvalue weighted by atomic mass is 79.9. The van der Waals surface area contributed by atoms with Crippen LogP contribution < -0.4 is 0 Å². The third-order valence-electron chi connectivity index (χ3n) is 1.67. The van der Waals surface area contributed by atoms with Crippen molar-refractivity contribution in [1.82, 2.24) is 4.98 Å². The van der Waals surface area contributed by atoms with Gasteiger partial charge in [0, 0.05) is 6.20 Å². The number of nitrogens with zero attached hydrogens (tertiary/aromatic N) is 1. The van der Waals surface area contributed by atoms with Crippen LogP contribution in [0.5, 0.6) is 0 Å². The summed E-state index contributed by atoms with van der Waals surface area (Å²) in [6.45, 7) is 1.50. The summed E-state index contributed by atoms with van der Waals surface area (Å²) in [7, 11) is 0. The van der Waals surface area contributed by atoms with Crippen LogP contribution in [0.25, 0.3) is 0 Å². The molecule has 0 N–H and O–H groups in total. The van der Waals surface area contributed by atoms with Crippen LogP contribution in [-0.2, 0) is 0 Å². The molecule has 0 amide bonds. The Kier molecular flexibility index (Phi) is 3.55. The predicted octanol–water partition coefficient (Wildman–Crippen LogP) is 3.47. The number of hydrogen-bond acceptors (Lipinski definition) is 2. The van der Waals surface area contributed by atoms with Crippen molar-refractivity contribution in [3.05, 3.63) is 27.5 Å². The molecule has 14 heavy (non-hydrogen) atoms. The summed E-state index contributed by atoms with van der Waals surface area (Å²) in [4.78, 5) is 14.6. The fraction of sp³-hybridized carbons (Fsp3) is 0.250. The summed E-state index contributed by atoms with van der Waals surface area (Å²) < 4.78 is 25.0. The molecule has 0 saturated heterocycles. The van der Waals surface area contributed by atoms with E-state index in [9.17, 15) is 13.6 Å². The SMILES string of the molecule is Cc1cnc(Br)c(C(F)F)c1C(=O)Cl. The van der Waals surface area contributed by atoms with Crippen molar-refractivity contribution in [1.29, 1.82) is 0 Å². The van der Waals surface area contributed by atoms with Crippen LogP contribution in [0.2, 0.25) is 0 Å². The lowest BCUT2D eigenvalue weighted by Gasteiger charge is -2.09. The first-order valence-electron chi connectivity index (χ1n) is 3.58. The highest BCUT2D eigenvalue weighted by Gasteiger charge is 2.23. The third kappa shape index (κ3) is 2.09. The molecule has 0 atom stereocenters. The van der Waals surface area contributed by atoms with Crippen molar-refractivity contribution in [2.45, 2.75) is 13.3 Å². The van der Waals surface area contributed by atoms with Crippen molar-refractivity contribution in [3.63, 3.8) is 0 Å². The average molecular weight is 284 g/mol. The Hall–Kier alpha value is -0.550. The molecule has 0 aliphatic carbocycles. The number of pyridine rings is 1. The van der Waals surface area contributed by atoms with Gasteiger partial charge in [-0.15, -0.1) is 0 Å². The topological polar surface area (TPSA) is 30.0 Å². The lowest BCUT2D eigenvalue weighted by molar-refractivity contribution is 0.106. The highest BCUT2D eigenvalue weighted by Crippen LogP contribution is 2.31. The van der Waals surface area contributed by atoms with Gasteiger partial charge in [-0.3, -0.25) is 4.79 Å². The number of alkyl halides is 2. The van der Waals surface area contributed by atoms with Crippen molar-refractivity contribution < 1.29 is 13.6 Å². The smallest absolute Gasteiger partial charge is 0.267 e. The maximum atomic E-state index is 12.5. The zero-order chi connectivity index (χ0) is 10.9. The van der Waals surface area contributed by atoms with Crippen LogP contribution in [-0.4, -0.2) is 10.2 Å². The van der Waals surface area contributed by atoms with Crippen molar-refractivity contribution in [3.8, 4) is 0 Å². The number of carbonyl (C=O) groups is 1. The number of carbonyl (C=O) groups excluding carboxylic acids is 1. The summed E-state index contributed by atoms with van der Waals surface area (Å²) in [5.74, 6) is 0. The molecule has 1 heterocycles. The fourth-order valence-electron chi connectivity index (χ4n) is 1.06. The van der Waals surface area contributed by atoms with Gasteiger partial charge in [0.05, 0.1) is 11.1 Å². The van der Waals surface area contributed by atoms with E-state index in [1.165, 1.54) is 13.1 Å². The van der Waals surface area contributed by atoms with E-state index < -0.39 is 17.2 Å². The number of hydrogen-bond donors (Lipinski definition) is 0. The predicted molar refractivity (Wildman–Crippen MR) is 51.8 cm³/mol. The van der Waals surface area contributed by atoms with Gasteiger partial charge in [0.2, 0.25) is 0 Å². The van der Waals surface area contributed by atoms with Crippen LogP contribution >= 0.6 is 27.5 Å². The molecular formula is C8H5BrClF2NO. The second kappa shape index (κ2) is 4.31. The Bertz CT molecular complexity index is 384. The van der Waals surface area contributed by atoms with Gasteiger partial charge >= 0.3 is 0 Å². The first kappa shape index (κ1) is 11.5. The molecule has 0 spiro atoms. The van der Waals surface area contributed by atoms with Gasteiger partial charge in [0.25, 0.3) is 11.7 Å². The van der Waals surface area contributed by atoms with E-state index in [2.05, 4.69) is 20.9 Å². The van der Waals surface area contributed by atoms with Gasteiger partial charge in [-0.1, -0.05) is 0 Å². The Morgan fingerprint density at radius 2 is 2.21 bits per heavy atom. The Labute approximate surface area is 92.4 Å². The van der Waals surface area contributed by atoms with E-state index in [1.54, 1.807) is 0 Å². The molecule has 1 aromatic heterocycles. The molecule has 0 unspecified atom stereocenters. The lowest BCUT2D eigenvalue weighted by Crippen LogP contribution is -2.04. The minimum Gasteiger partial charge on any atom is -0.276 e. The summed E-state index contributed by atoms with van der Waals surface area (Å²) >= 11 is 8.06. The molecule has 0 radical (unpaired) electrons. The van der Waals surface area contributed by atoms with Crippen LogP contribution in [0.4, 0.5) is 8.78 Å². The summed E-state index contributed by atoms with van der Waals surface area (Å²) in [5, 5.41) is -0.902. The Morgan fingerprint density at radius 3 is 2.57 bits per heavy atom. The van der Waals surface area contributed by atoms with Crippen LogP contribution in [0.3, 0.4) is 0 Å². The van der Waals surface area contributed by atoms with E-state index in [1.807, 2.05) is 0 Å². The monoisotopic (exact) mass is 283 g/mol. The zero-order valence-electron chi connectivity index (χ0n) is 7.02. The number of rotatable bonds is 2. The molecule has 6 heteroatoms. The molecule has 76 valence electrons. The Morgan fingerprint density at radius 1 is 1.64 bits per heavy atom. The average Bonchev–Trinajstić information content (AvgIpc) is 2.07. The quantitative estimate of drug-likeness (QED) is 0.615. The third-order valence-corrected chi connectivity index (χ3v) is 2.49. The van der Waals surface area contributed by atoms with E-state index in [4.69, 9.17) is 11.6 Å². The largest absolute Gasteiger partial charge is 0.276 e. The maximum Gasteiger partial charge on any atom is 0.267 e. The standard InChI is InChI=1S/C8H5BrClF2NO/c1-3-2-13-6(9)5(8(11)12)4(3)7(10)14/h2,8H,1H3. The molecule has 0 aliphatic rings. The molecular weight excluding hydrogens is 279 g/mol. The maximum absolute atomic E-state index is 12.5. The van der Waals surface area contributed by atoms with Gasteiger partial charge in [0.15, 0.2) is 0 Å². The molecule has 1 rings (SSSR count). The van der Waals surface area contributed by atoms with Crippen LogP contribution in [0.1, 0.15) is 27.9 Å². The summed E-state index contributed by atoms with van der Waals surface area (Å²) in [6.07, 6.45) is -1.47. The molecule has 0 aromatic carbocycles. The van der Waals surface area contributed by atoms with Crippen LogP contribution in [0.15, 0.2) is 10.8 Å². The second-order valence-corrected chi connectivity index (χ2v) is 3.69. The summed E-state index contributed by atoms with van der Waals surface area (Å²) in [5.41, 5.74) is -0.294. The molecule has 1 aromatic rings. The second-order valence-electron chi connectivity index (χ2n) is 2.60. The van der Waals surface area contributed by atoms with E-state index in [0.717, 1.165) is 0 Å². The van der Waals surface area contributed by atoms with Gasteiger partial charge in [-0.05, 0) is 40.0 Å². The van der Waals surface area contributed by atoms with Gasteiger partial charge < -0.3 is 0 Å². The molecule has 0 aliphatic heterocycles. The minimum atomic E-state index is -2.78. The first-order chi connectivity index (χ1) is 6.45. The van der Waals surface area contributed by atoms with Crippen molar-refractivity contribution in [2.75, 3.05) is 0 Å². The van der Waals surface area contributed by atoms with Crippen molar-refractivity contribution in [2.24, 2.45) is 0 Å². The number of aromatic nitrogens is 1. The van der Waals surface area contributed by atoms with Gasteiger partial charge in [-0.25, -0.2) is 13.8 Å². The molecule has 0 fully saturated rings. The van der Waals surface area contributed by atoms with Gasteiger partial charge in [-0.2, -0.15) is 0 Å². The minimum absolute atomic E-state index is 0.0536. The summed E-state index contributed by atoms with van der Waals surface area (Å²) in [6, 6.07) is 0. The first-order valence-corrected chi connectivity index (χ1v) is 4.75.